The van der Waals surface area contributed by atoms with Crippen LogP contribution in [-0.2, 0) is 23.1 Å². The summed E-state index contributed by atoms with van der Waals surface area (Å²) in [4.78, 5) is 19.7. The van der Waals surface area contributed by atoms with Gasteiger partial charge in [0.25, 0.3) is 0 Å². The van der Waals surface area contributed by atoms with E-state index < -0.39 is 19.9 Å². The van der Waals surface area contributed by atoms with Gasteiger partial charge in [-0.15, -0.1) is 0 Å². The second-order valence-electron chi connectivity index (χ2n) is 2.63. The van der Waals surface area contributed by atoms with Gasteiger partial charge in [0.15, 0.2) is 0 Å². The van der Waals surface area contributed by atoms with Gasteiger partial charge < -0.3 is 9.63 Å². The van der Waals surface area contributed by atoms with Gasteiger partial charge in [0.2, 0.25) is 0 Å². The van der Waals surface area contributed by atoms with Crippen molar-refractivity contribution in [2.75, 3.05) is 13.2 Å². The maximum atomic E-state index is 11.0. The highest BCUT2D eigenvalue weighted by molar-refractivity contribution is 7.47. The smallest absolute Gasteiger partial charge is 0.457 e. The quantitative estimate of drug-likeness (QED) is 0.408. The topological polar surface area (TPSA) is 82.1 Å². The molecule has 0 aromatic rings. The normalized spacial score (nSPS) is 16.5. The van der Waals surface area contributed by atoms with E-state index >= 15 is 0 Å². The van der Waals surface area contributed by atoms with Crippen LogP contribution < -0.4 is 0 Å². The minimum atomic E-state index is -4.02. The van der Waals surface area contributed by atoms with Crippen molar-refractivity contribution >= 4 is 13.8 Å². The van der Waals surface area contributed by atoms with Gasteiger partial charge in [0.1, 0.15) is 6.10 Å². The fourth-order valence-corrected chi connectivity index (χ4v) is 1.48. The molecule has 0 aliphatic carbocycles. The van der Waals surface area contributed by atoms with Crippen LogP contribution in [0.5, 0.6) is 0 Å². The number of rotatable bonds is 7. The van der Waals surface area contributed by atoms with E-state index in [9.17, 15) is 9.36 Å². The minimum Gasteiger partial charge on any atom is -0.457 e. The number of hydrogen-bond acceptors (Lipinski definition) is 5. The monoisotopic (exact) mass is 238 g/mol. The summed E-state index contributed by atoms with van der Waals surface area (Å²) in [5.41, 5.74) is 0. The van der Waals surface area contributed by atoms with Gasteiger partial charge in [-0.3, -0.25) is 9.05 Å². The van der Waals surface area contributed by atoms with Gasteiger partial charge in [-0.1, -0.05) is 6.58 Å². The third-order valence-corrected chi connectivity index (χ3v) is 2.31. The van der Waals surface area contributed by atoms with E-state index in [1.165, 1.54) is 6.92 Å². The van der Waals surface area contributed by atoms with E-state index in [4.69, 9.17) is 9.63 Å². The summed E-state index contributed by atoms with van der Waals surface area (Å²) in [6.07, 6.45) is 0.355. The number of phosphoric ester groups is 1. The molecule has 6 nitrogen and oxygen atoms in total. The molecule has 0 saturated heterocycles. The Bertz CT molecular complexity index is 264. The zero-order valence-electron chi connectivity index (χ0n) is 8.71. The summed E-state index contributed by atoms with van der Waals surface area (Å²) >= 11 is 0. The molecule has 2 unspecified atom stereocenters. The molecule has 0 saturated carbocycles. The molecule has 0 aliphatic heterocycles. The average Bonchev–Trinajstić information content (AvgIpc) is 2.15. The van der Waals surface area contributed by atoms with Crippen molar-refractivity contribution in [3.63, 3.8) is 0 Å². The minimum absolute atomic E-state index is 0.0641. The second kappa shape index (κ2) is 6.74. The Hall–Kier alpha value is -0.680. The molecule has 88 valence electrons. The lowest BCUT2D eigenvalue weighted by atomic mass is 10.4. The third-order valence-electron chi connectivity index (χ3n) is 1.25. The average molecular weight is 238 g/mol. The molecule has 0 heterocycles. The first-order valence-electron chi connectivity index (χ1n) is 4.36. The van der Waals surface area contributed by atoms with Crippen LogP contribution in [0.1, 0.15) is 13.8 Å². The molecule has 7 heteroatoms. The Morgan fingerprint density at radius 3 is 2.67 bits per heavy atom. The highest BCUT2D eigenvalue weighted by Gasteiger charge is 2.21. The van der Waals surface area contributed by atoms with Crippen LogP contribution >= 0.6 is 7.82 Å². The number of hydrogen-bond donors (Lipinski definition) is 1. The molecule has 15 heavy (non-hydrogen) atoms. The van der Waals surface area contributed by atoms with Crippen LogP contribution in [-0.4, -0.2) is 30.2 Å². The van der Waals surface area contributed by atoms with Crippen molar-refractivity contribution in [3.05, 3.63) is 12.7 Å². The number of esters is 1. The third kappa shape index (κ3) is 7.27. The van der Waals surface area contributed by atoms with Gasteiger partial charge in [-0.25, -0.2) is 9.36 Å². The molecular formula is C8H15O6P. The van der Waals surface area contributed by atoms with E-state index in [0.29, 0.717) is 0 Å². The van der Waals surface area contributed by atoms with Crippen LogP contribution in [0.25, 0.3) is 0 Å². The fraction of sp³-hybridized carbons (Fsp3) is 0.625. The SMILES string of the molecule is C=CC(=O)OC(C)COP(=O)(O)OCC. The van der Waals surface area contributed by atoms with E-state index in [-0.39, 0.29) is 13.2 Å². The van der Waals surface area contributed by atoms with Crippen molar-refractivity contribution in [1.29, 1.82) is 0 Å². The summed E-state index contributed by atoms with van der Waals surface area (Å²) in [7, 11) is -4.02. The zero-order chi connectivity index (χ0) is 11.9. The van der Waals surface area contributed by atoms with Gasteiger partial charge in [-0.05, 0) is 13.8 Å². The van der Waals surface area contributed by atoms with Crippen molar-refractivity contribution in [3.8, 4) is 0 Å². The molecule has 0 spiro atoms. The van der Waals surface area contributed by atoms with Gasteiger partial charge in [-0.2, -0.15) is 0 Å². The number of ether oxygens (including phenoxy) is 1. The summed E-state index contributed by atoms with van der Waals surface area (Å²) < 4.78 is 24.7. The van der Waals surface area contributed by atoms with E-state index in [1.54, 1.807) is 6.92 Å². The van der Waals surface area contributed by atoms with E-state index in [1.807, 2.05) is 0 Å². The highest BCUT2D eigenvalue weighted by Crippen LogP contribution is 2.42. The summed E-state index contributed by atoms with van der Waals surface area (Å²) in [6, 6.07) is 0. The summed E-state index contributed by atoms with van der Waals surface area (Å²) in [5, 5.41) is 0. The van der Waals surface area contributed by atoms with Crippen molar-refractivity contribution in [1.82, 2.24) is 0 Å². The maximum Gasteiger partial charge on any atom is 0.472 e. The Morgan fingerprint density at radius 1 is 1.60 bits per heavy atom. The molecule has 0 radical (unpaired) electrons. The first-order chi connectivity index (χ1) is 6.91. The number of phosphoric acid groups is 1. The largest absolute Gasteiger partial charge is 0.472 e. The first-order valence-corrected chi connectivity index (χ1v) is 5.85. The lowest BCUT2D eigenvalue weighted by Crippen LogP contribution is -2.18. The summed E-state index contributed by atoms with van der Waals surface area (Å²) in [5.74, 6) is -0.615. The molecule has 0 bridgehead atoms. The number of carbonyl (C=O) groups excluding carboxylic acids is 1. The number of carbonyl (C=O) groups is 1. The fourth-order valence-electron chi connectivity index (χ4n) is 0.680. The molecule has 0 aromatic heterocycles. The predicted octanol–water partition coefficient (Wildman–Crippen LogP) is 1.26. The van der Waals surface area contributed by atoms with Crippen LogP contribution in [0.2, 0.25) is 0 Å². The van der Waals surface area contributed by atoms with Crippen molar-refractivity contribution in [2.45, 2.75) is 20.0 Å². The lowest BCUT2D eigenvalue weighted by Gasteiger charge is -2.15. The standard InChI is InChI=1S/C8H15O6P/c1-4-8(9)14-7(3)6-13-15(10,11)12-5-2/h4,7H,1,5-6H2,2-3H3,(H,10,11). The molecule has 0 rings (SSSR count). The molecular weight excluding hydrogens is 223 g/mol. The van der Waals surface area contributed by atoms with Crippen LogP contribution in [0.4, 0.5) is 0 Å². The Kier molecular flexibility index (Phi) is 6.43. The van der Waals surface area contributed by atoms with Crippen molar-refractivity contribution < 1.29 is 28.0 Å². The van der Waals surface area contributed by atoms with Crippen LogP contribution in [0, 0.1) is 0 Å². The molecule has 0 aromatic carbocycles. The van der Waals surface area contributed by atoms with Crippen LogP contribution in [0.3, 0.4) is 0 Å². The summed E-state index contributed by atoms with van der Waals surface area (Å²) in [6.45, 7) is 6.14. The van der Waals surface area contributed by atoms with Gasteiger partial charge in [0.05, 0.1) is 13.2 Å². The highest BCUT2D eigenvalue weighted by atomic mass is 31.2. The maximum absolute atomic E-state index is 11.0. The lowest BCUT2D eigenvalue weighted by molar-refractivity contribution is -0.143. The molecule has 0 aliphatic rings. The predicted molar refractivity (Wildman–Crippen MR) is 53.2 cm³/mol. The Labute approximate surface area is 88.5 Å². The first kappa shape index (κ1) is 14.3. The molecule has 1 N–H and O–H groups in total. The zero-order valence-corrected chi connectivity index (χ0v) is 9.61. The molecule has 0 amide bonds. The van der Waals surface area contributed by atoms with Gasteiger partial charge >= 0.3 is 13.8 Å². The Morgan fingerprint density at radius 2 is 2.20 bits per heavy atom. The van der Waals surface area contributed by atoms with Crippen LogP contribution in [0.15, 0.2) is 12.7 Å². The Balaban J connectivity index is 3.89. The van der Waals surface area contributed by atoms with Crippen molar-refractivity contribution in [2.24, 2.45) is 0 Å². The second-order valence-corrected chi connectivity index (χ2v) is 4.09. The van der Waals surface area contributed by atoms with E-state index in [0.717, 1.165) is 6.08 Å². The molecule has 2 atom stereocenters. The molecule has 0 fully saturated rings. The van der Waals surface area contributed by atoms with Gasteiger partial charge in [0, 0.05) is 6.08 Å². The van der Waals surface area contributed by atoms with E-state index in [2.05, 4.69) is 15.6 Å².